The van der Waals surface area contributed by atoms with Gasteiger partial charge in [0.2, 0.25) is 5.91 Å². The molecule has 5 nitrogen and oxygen atoms in total. The molecule has 0 fully saturated rings. The average molecular weight is 222 g/mol. The van der Waals surface area contributed by atoms with Gasteiger partial charge in [-0.15, -0.1) is 0 Å². The van der Waals surface area contributed by atoms with Gasteiger partial charge < -0.3 is 16.0 Å². The molecule has 5 heteroatoms. The Bertz CT molecular complexity index is 367. The highest BCUT2D eigenvalue weighted by atomic mass is 16.1. The topological polar surface area (TPSA) is 71.2 Å². The van der Waals surface area contributed by atoms with Crippen molar-refractivity contribution in [2.45, 2.75) is 6.92 Å². The molecule has 0 aliphatic carbocycles. The number of hydrogen-bond donors (Lipinski definition) is 2. The Morgan fingerprint density at radius 1 is 1.62 bits per heavy atom. The first-order chi connectivity index (χ1) is 7.54. The van der Waals surface area contributed by atoms with Gasteiger partial charge in [-0.2, -0.15) is 0 Å². The quantitative estimate of drug-likeness (QED) is 0.777. The maximum Gasteiger partial charge on any atom is 0.224 e. The van der Waals surface area contributed by atoms with Crippen molar-refractivity contribution < 1.29 is 4.79 Å². The highest BCUT2D eigenvalue weighted by Gasteiger charge is 2.14. The number of nitrogens with one attached hydrogen (secondary N) is 1. The molecule has 1 amide bonds. The Balaban J connectivity index is 2.65. The second-order valence-corrected chi connectivity index (χ2v) is 3.87. The molecule has 0 saturated heterocycles. The second kappa shape index (κ2) is 5.34. The molecule has 1 aromatic heterocycles. The van der Waals surface area contributed by atoms with Crippen LogP contribution in [-0.4, -0.2) is 31.5 Å². The van der Waals surface area contributed by atoms with Crippen molar-refractivity contribution in [3.63, 3.8) is 0 Å². The molecule has 0 unspecified atom stereocenters. The van der Waals surface area contributed by atoms with E-state index in [0.717, 1.165) is 5.69 Å². The minimum Gasteiger partial charge on any atom is -0.397 e. The number of nitrogens with two attached hydrogens (primary N) is 1. The molecule has 88 valence electrons. The third-order valence-electron chi connectivity index (χ3n) is 2.43. The van der Waals surface area contributed by atoms with Crippen LogP contribution < -0.4 is 16.0 Å². The van der Waals surface area contributed by atoms with Crippen LogP contribution in [0.4, 0.5) is 11.4 Å². The monoisotopic (exact) mass is 222 g/mol. The van der Waals surface area contributed by atoms with Gasteiger partial charge in [0, 0.05) is 26.8 Å². The first kappa shape index (κ1) is 12.3. The van der Waals surface area contributed by atoms with Gasteiger partial charge in [-0.25, -0.2) is 0 Å². The predicted molar refractivity (Wildman–Crippen MR) is 65.2 cm³/mol. The van der Waals surface area contributed by atoms with E-state index >= 15 is 0 Å². The van der Waals surface area contributed by atoms with Crippen molar-refractivity contribution in [2.24, 2.45) is 5.92 Å². The van der Waals surface area contributed by atoms with E-state index < -0.39 is 0 Å². The van der Waals surface area contributed by atoms with Crippen LogP contribution in [0.2, 0.25) is 0 Å². The lowest BCUT2D eigenvalue weighted by molar-refractivity contribution is -0.123. The van der Waals surface area contributed by atoms with Gasteiger partial charge in [0.25, 0.3) is 0 Å². The second-order valence-electron chi connectivity index (χ2n) is 3.87. The number of nitrogens with zero attached hydrogens (tertiary/aromatic N) is 2. The van der Waals surface area contributed by atoms with Gasteiger partial charge in [-0.3, -0.25) is 9.78 Å². The SMILES string of the molecule is CNC(=O)[C@@H](C)CN(C)c1cncc(N)c1. The van der Waals surface area contributed by atoms with E-state index in [1.54, 1.807) is 19.4 Å². The van der Waals surface area contributed by atoms with Crippen LogP contribution in [-0.2, 0) is 4.79 Å². The van der Waals surface area contributed by atoms with Crippen molar-refractivity contribution in [1.82, 2.24) is 10.3 Å². The van der Waals surface area contributed by atoms with Crippen molar-refractivity contribution >= 4 is 17.3 Å². The first-order valence-corrected chi connectivity index (χ1v) is 5.18. The number of aromatic nitrogens is 1. The van der Waals surface area contributed by atoms with Crippen LogP contribution in [0.1, 0.15) is 6.92 Å². The number of pyridine rings is 1. The van der Waals surface area contributed by atoms with Gasteiger partial charge in [-0.05, 0) is 6.07 Å². The van der Waals surface area contributed by atoms with Gasteiger partial charge in [0.15, 0.2) is 0 Å². The summed E-state index contributed by atoms with van der Waals surface area (Å²) in [6.45, 7) is 2.51. The molecule has 1 rings (SSSR count). The minimum atomic E-state index is -0.0727. The summed E-state index contributed by atoms with van der Waals surface area (Å²) in [6, 6.07) is 1.84. The summed E-state index contributed by atoms with van der Waals surface area (Å²) in [7, 11) is 3.55. The maximum absolute atomic E-state index is 11.4. The van der Waals surface area contributed by atoms with E-state index in [2.05, 4.69) is 10.3 Å². The third-order valence-corrected chi connectivity index (χ3v) is 2.43. The summed E-state index contributed by atoms with van der Waals surface area (Å²) in [6.07, 6.45) is 3.33. The lowest BCUT2D eigenvalue weighted by Crippen LogP contribution is -2.34. The van der Waals surface area contributed by atoms with Crippen LogP contribution in [0.25, 0.3) is 0 Å². The Morgan fingerprint density at radius 3 is 2.88 bits per heavy atom. The number of carbonyl (C=O) groups excluding carboxylic acids is 1. The van der Waals surface area contributed by atoms with Crippen LogP contribution >= 0.6 is 0 Å². The van der Waals surface area contributed by atoms with E-state index in [1.807, 2.05) is 24.9 Å². The molecule has 16 heavy (non-hydrogen) atoms. The largest absolute Gasteiger partial charge is 0.397 e. The van der Waals surface area contributed by atoms with Gasteiger partial charge in [0.05, 0.1) is 23.5 Å². The number of nitrogen functional groups attached to an aromatic ring is 1. The Hall–Kier alpha value is -1.78. The van der Waals surface area contributed by atoms with E-state index in [4.69, 9.17) is 5.73 Å². The Kier molecular flexibility index (Phi) is 4.10. The lowest BCUT2D eigenvalue weighted by atomic mass is 10.1. The predicted octanol–water partition coefficient (Wildman–Crippen LogP) is 0.482. The fourth-order valence-electron chi connectivity index (χ4n) is 1.50. The van der Waals surface area contributed by atoms with Gasteiger partial charge in [0.1, 0.15) is 0 Å². The summed E-state index contributed by atoms with van der Waals surface area (Å²) >= 11 is 0. The Labute approximate surface area is 95.7 Å². The van der Waals surface area contributed by atoms with Crippen LogP contribution in [0.5, 0.6) is 0 Å². The number of rotatable bonds is 4. The molecule has 0 aromatic carbocycles. The molecule has 1 heterocycles. The van der Waals surface area contributed by atoms with E-state index in [9.17, 15) is 4.79 Å². The highest BCUT2D eigenvalue weighted by molar-refractivity contribution is 5.78. The number of anilines is 2. The van der Waals surface area contributed by atoms with Gasteiger partial charge >= 0.3 is 0 Å². The summed E-state index contributed by atoms with van der Waals surface area (Å²) in [4.78, 5) is 17.3. The van der Waals surface area contributed by atoms with E-state index in [0.29, 0.717) is 12.2 Å². The molecule has 0 bridgehead atoms. The minimum absolute atomic E-state index is 0.0312. The molecule has 1 aromatic rings. The van der Waals surface area contributed by atoms with Crippen molar-refractivity contribution in [1.29, 1.82) is 0 Å². The smallest absolute Gasteiger partial charge is 0.224 e. The first-order valence-electron chi connectivity index (χ1n) is 5.18. The van der Waals surface area contributed by atoms with Crippen molar-refractivity contribution in [3.05, 3.63) is 18.5 Å². The third kappa shape index (κ3) is 3.12. The Morgan fingerprint density at radius 2 is 2.31 bits per heavy atom. The zero-order valence-electron chi connectivity index (χ0n) is 9.90. The fraction of sp³-hybridized carbons (Fsp3) is 0.455. The molecular formula is C11H18N4O. The number of carbonyl (C=O) groups is 1. The van der Waals surface area contributed by atoms with Crippen molar-refractivity contribution in [2.75, 3.05) is 31.3 Å². The van der Waals surface area contributed by atoms with Crippen LogP contribution in [0, 0.1) is 5.92 Å². The highest BCUT2D eigenvalue weighted by Crippen LogP contribution is 2.15. The van der Waals surface area contributed by atoms with E-state index in [-0.39, 0.29) is 11.8 Å². The molecular weight excluding hydrogens is 204 g/mol. The molecule has 0 aliphatic heterocycles. The maximum atomic E-state index is 11.4. The fourth-order valence-corrected chi connectivity index (χ4v) is 1.50. The molecule has 1 atom stereocenters. The standard InChI is InChI=1S/C11H18N4O/c1-8(11(16)13-2)7-15(3)10-4-9(12)5-14-6-10/h4-6,8H,7,12H2,1-3H3,(H,13,16)/t8-/m0/s1. The summed E-state index contributed by atoms with van der Waals surface area (Å²) < 4.78 is 0. The summed E-state index contributed by atoms with van der Waals surface area (Å²) in [5.41, 5.74) is 7.18. The summed E-state index contributed by atoms with van der Waals surface area (Å²) in [5, 5.41) is 2.63. The van der Waals surface area contributed by atoms with E-state index in [1.165, 1.54) is 0 Å². The molecule has 0 spiro atoms. The number of hydrogen-bond acceptors (Lipinski definition) is 4. The molecule has 3 N–H and O–H groups in total. The van der Waals surface area contributed by atoms with Crippen LogP contribution in [0.3, 0.4) is 0 Å². The number of amides is 1. The molecule has 0 saturated carbocycles. The molecule has 0 aliphatic rings. The summed E-state index contributed by atoms with van der Waals surface area (Å²) in [5.74, 6) is -0.0415. The van der Waals surface area contributed by atoms with Crippen molar-refractivity contribution in [3.8, 4) is 0 Å². The van der Waals surface area contributed by atoms with Crippen LogP contribution in [0.15, 0.2) is 18.5 Å². The average Bonchev–Trinajstić information content (AvgIpc) is 2.27. The zero-order chi connectivity index (χ0) is 12.1. The lowest BCUT2D eigenvalue weighted by Gasteiger charge is -2.22. The zero-order valence-corrected chi connectivity index (χ0v) is 9.90. The normalized spacial score (nSPS) is 11.9. The van der Waals surface area contributed by atoms with Gasteiger partial charge in [-0.1, -0.05) is 6.92 Å². The molecule has 0 radical (unpaired) electrons.